The van der Waals surface area contributed by atoms with Gasteiger partial charge in [-0.25, -0.2) is 9.59 Å². The molecule has 0 radical (unpaired) electrons. The first-order valence-electron chi connectivity index (χ1n) is 19.7. The molecule has 0 aliphatic heterocycles. The van der Waals surface area contributed by atoms with Crippen molar-refractivity contribution in [3.63, 3.8) is 0 Å². The van der Waals surface area contributed by atoms with E-state index in [4.69, 9.17) is 0 Å². The number of carboxylic acids is 2. The standard InChI is InChI=1S/2C22H34O3/c2*1-2-3-4-5-6-7-8-9-10-11-12-13-14-16-19-17-15-18-20(23)21(19)22(24)25/h2*7-8,15,17-18,23H,2-6,9-14,16H2,1H3,(H,24,25)/b2*8-7-. The Morgan fingerprint density at radius 3 is 1.08 bits per heavy atom. The first kappa shape index (κ1) is 44.5. The van der Waals surface area contributed by atoms with E-state index >= 15 is 0 Å². The number of carbonyl (C=O) groups is 2. The fraction of sp³-hybridized carbons (Fsp3) is 0.591. The fourth-order valence-electron chi connectivity index (χ4n) is 6.15. The summed E-state index contributed by atoms with van der Waals surface area (Å²) in [4.78, 5) is 22.4. The van der Waals surface area contributed by atoms with Gasteiger partial charge in [0.25, 0.3) is 0 Å². The van der Waals surface area contributed by atoms with E-state index in [1.165, 1.54) is 128 Å². The molecule has 280 valence electrons. The fourth-order valence-corrected chi connectivity index (χ4v) is 6.15. The molecule has 2 aromatic carbocycles. The molecule has 0 aromatic heterocycles. The van der Waals surface area contributed by atoms with E-state index in [0.717, 1.165) is 36.8 Å². The average molecular weight is 693 g/mol. The Bertz CT molecular complexity index is 1140. The van der Waals surface area contributed by atoms with Gasteiger partial charge in [0.15, 0.2) is 0 Å². The third-order valence-electron chi connectivity index (χ3n) is 9.10. The van der Waals surface area contributed by atoms with Crippen molar-refractivity contribution in [2.24, 2.45) is 0 Å². The number of benzene rings is 2. The van der Waals surface area contributed by atoms with Crippen LogP contribution in [0.15, 0.2) is 60.7 Å². The lowest BCUT2D eigenvalue weighted by molar-refractivity contribution is 0.0681. The number of hydrogen-bond acceptors (Lipinski definition) is 4. The van der Waals surface area contributed by atoms with Crippen molar-refractivity contribution in [2.75, 3.05) is 0 Å². The number of unbranched alkanes of at least 4 members (excludes halogenated alkanes) is 18. The van der Waals surface area contributed by atoms with Gasteiger partial charge in [-0.2, -0.15) is 0 Å². The van der Waals surface area contributed by atoms with Gasteiger partial charge < -0.3 is 20.4 Å². The molecule has 0 spiro atoms. The molecule has 0 aliphatic carbocycles. The van der Waals surface area contributed by atoms with Crippen LogP contribution in [0.3, 0.4) is 0 Å². The summed E-state index contributed by atoms with van der Waals surface area (Å²) < 4.78 is 0. The molecular formula is C44H68O6. The number of allylic oxidation sites excluding steroid dienone is 4. The molecular weight excluding hydrogens is 624 g/mol. The van der Waals surface area contributed by atoms with Crippen LogP contribution in [0.2, 0.25) is 0 Å². The number of phenols is 2. The van der Waals surface area contributed by atoms with Gasteiger partial charge in [-0.05, 0) is 100 Å². The topological polar surface area (TPSA) is 115 Å². The molecule has 0 saturated carbocycles. The maximum Gasteiger partial charge on any atom is 0.339 e. The van der Waals surface area contributed by atoms with E-state index in [-0.39, 0.29) is 22.6 Å². The second-order valence-corrected chi connectivity index (χ2v) is 13.5. The smallest absolute Gasteiger partial charge is 0.339 e. The maximum absolute atomic E-state index is 11.2. The molecule has 0 amide bonds. The highest BCUT2D eigenvalue weighted by Crippen LogP contribution is 2.24. The van der Waals surface area contributed by atoms with Crippen LogP contribution in [-0.2, 0) is 12.8 Å². The molecule has 2 rings (SSSR count). The minimum Gasteiger partial charge on any atom is -0.507 e. The van der Waals surface area contributed by atoms with Gasteiger partial charge in [-0.15, -0.1) is 0 Å². The number of aromatic carboxylic acids is 2. The van der Waals surface area contributed by atoms with Crippen LogP contribution < -0.4 is 0 Å². The molecule has 0 unspecified atom stereocenters. The van der Waals surface area contributed by atoms with E-state index in [0.29, 0.717) is 12.8 Å². The minimum atomic E-state index is -1.05. The van der Waals surface area contributed by atoms with E-state index in [9.17, 15) is 30.0 Å². The second kappa shape index (κ2) is 30.3. The largest absolute Gasteiger partial charge is 0.507 e. The van der Waals surface area contributed by atoms with Gasteiger partial charge in [0, 0.05) is 0 Å². The molecule has 0 bridgehead atoms. The van der Waals surface area contributed by atoms with Crippen LogP contribution >= 0.6 is 0 Å². The molecule has 2 aromatic rings. The third kappa shape index (κ3) is 21.5. The van der Waals surface area contributed by atoms with Crippen molar-refractivity contribution in [1.82, 2.24) is 0 Å². The zero-order valence-electron chi connectivity index (χ0n) is 31.3. The van der Waals surface area contributed by atoms with E-state index in [1.54, 1.807) is 24.3 Å². The second-order valence-electron chi connectivity index (χ2n) is 13.5. The van der Waals surface area contributed by atoms with E-state index in [2.05, 4.69) is 38.2 Å². The summed E-state index contributed by atoms with van der Waals surface area (Å²) in [6.07, 6.45) is 37.6. The molecule has 0 heterocycles. The first-order valence-corrected chi connectivity index (χ1v) is 19.7. The highest BCUT2D eigenvalue weighted by molar-refractivity contribution is 5.93. The number of hydrogen-bond donors (Lipinski definition) is 4. The van der Waals surface area contributed by atoms with Crippen molar-refractivity contribution >= 4 is 11.9 Å². The summed E-state index contributed by atoms with van der Waals surface area (Å²) >= 11 is 0. The minimum absolute atomic E-state index is 0.0616. The Hall–Kier alpha value is -3.54. The molecule has 4 N–H and O–H groups in total. The Balaban J connectivity index is 0.000000500. The molecule has 6 heteroatoms. The normalized spacial score (nSPS) is 11.2. The number of rotatable bonds is 28. The van der Waals surface area contributed by atoms with Gasteiger partial charge in [-0.1, -0.05) is 139 Å². The number of carboxylic acid groups (broad SMARTS) is 2. The van der Waals surface area contributed by atoms with Crippen molar-refractivity contribution in [3.8, 4) is 11.5 Å². The highest BCUT2D eigenvalue weighted by atomic mass is 16.4. The molecule has 0 saturated heterocycles. The Morgan fingerprint density at radius 2 is 0.760 bits per heavy atom. The van der Waals surface area contributed by atoms with Crippen LogP contribution in [0, 0.1) is 0 Å². The molecule has 0 atom stereocenters. The van der Waals surface area contributed by atoms with Gasteiger partial charge in [0.1, 0.15) is 22.6 Å². The lowest BCUT2D eigenvalue weighted by Gasteiger charge is -2.07. The lowest BCUT2D eigenvalue weighted by Crippen LogP contribution is -2.03. The average Bonchev–Trinajstić information content (AvgIpc) is 3.09. The quantitative estimate of drug-likeness (QED) is 0.0521. The molecule has 6 nitrogen and oxygen atoms in total. The van der Waals surface area contributed by atoms with Crippen molar-refractivity contribution < 1.29 is 30.0 Å². The number of aryl methyl sites for hydroxylation is 2. The van der Waals surface area contributed by atoms with Crippen LogP contribution in [0.4, 0.5) is 0 Å². The zero-order valence-corrected chi connectivity index (χ0v) is 31.3. The van der Waals surface area contributed by atoms with Crippen LogP contribution in [0.5, 0.6) is 11.5 Å². The zero-order chi connectivity index (χ0) is 36.7. The van der Waals surface area contributed by atoms with Gasteiger partial charge >= 0.3 is 11.9 Å². The molecule has 0 fully saturated rings. The summed E-state index contributed by atoms with van der Waals surface area (Å²) in [6, 6.07) is 9.90. The molecule has 50 heavy (non-hydrogen) atoms. The summed E-state index contributed by atoms with van der Waals surface area (Å²) in [5, 5.41) is 37.7. The van der Waals surface area contributed by atoms with Gasteiger partial charge in [0.05, 0.1) is 0 Å². The summed E-state index contributed by atoms with van der Waals surface area (Å²) in [7, 11) is 0. The predicted octanol–water partition coefficient (Wildman–Crippen LogP) is 13.0. The first-order chi connectivity index (χ1) is 24.3. The van der Waals surface area contributed by atoms with Crippen LogP contribution in [0.1, 0.15) is 187 Å². The predicted molar refractivity (Wildman–Crippen MR) is 209 cm³/mol. The summed E-state index contributed by atoms with van der Waals surface area (Å²) in [6.45, 7) is 4.48. The molecule has 0 aliphatic rings. The van der Waals surface area contributed by atoms with Crippen molar-refractivity contribution in [1.29, 1.82) is 0 Å². The van der Waals surface area contributed by atoms with Gasteiger partial charge in [-0.3, -0.25) is 0 Å². The maximum atomic E-state index is 11.2. The van der Waals surface area contributed by atoms with E-state index in [1.807, 2.05) is 0 Å². The van der Waals surface area contributed by atoms with E-state index < -0.39 is 11.9 Å². The summed E-state index contributed by atoms with van der Waals surface area (Å²) in [5.41, 5.74) is 1.59. The van der Waals surface area contributed by atoms with Crippen molar-refractivity contribution in [3.05, 3.63) is 83.0 Å². The third-order valence-corrected chi connectivity index (χ3v) is 9.10. The Morgan fingerprint density at radius 1 is 0.460 bits per heavy atom. The Labute approximate surface area is 303 Å². The lowest BCUT2D eigenvalue weighted by atomic mass is 9.99. The SMILES string of the molecule is CCCCCC/C=C\CCCCCCCc1cccc(O)c1C(=O)O.CCCCCC/C=C\CCCCCCCc1cccc(O)c1C(=O)O. The van der Waals surface area contributed by atoms with Crippen molar-refractivity contribution in [2.45, 2.75) is 168 Å². The van der Waals surface area contributed by atoms with Gasteiger partial charge in [0.2, 0.25) is 0 Å². The summed E-state index contributed by atoms with van der Waals surface area (Å²) in [5.74, 6) is -2.36. The van der Waals surface area contributed by atoms with Crippen LogP contribution in [0.25, 0.3) is 0 Å². The monoisotopic (exact) mass is 693 g/mol. The Kier molecular flexibility index (Phi) is 27.0. The number of aromatic hydroxyl groups is 2. The van der Waals surface area contributed by atoms with Crippen LogP contribution in [-0.4, -0.2) is 32.4 Å². The highest BCUT2D eigenvalue weighted by Gasteiger charge is 2.15.